The van der Waals surface area contributed by atoms with Gasteiger partial charge in [0.25, 0.3) is 17.6 Å². The first-order valence-corrected chi connectivity index (χ1v) is 7.85. The molecule has 0 saturated carbocycles. The Labute approximate surface area is 155 Å². The summed E-state index contributed by atoms with van der Waals surface area (Å²) in [5.74, 6) is -3.49. The van der Waals surface area contributed by atoms with E-state index in [2.05, 4.69) is 15.5 Å². The Balaban J connectivity index is 1.75. The molecule has 1 heterocycles. The molecule has 3 rings (SSSR count). The summed E-state index contributed by atoms with van der Waals surface area (Å²) in [6, 6.07) is 6.30. The fraction of sp³-hybridized carbons (Fsp3) is 0.0625. The van der Waals surface area contributed by atoms with Crippen LogP contribution in [0.1, 0.15) is 16.2 Å². The molecule has 1 amide bonds. The molecule has 0 radical (unpaired) electrons. The number of amides is 1. The first kappa shape index (κ1) is 18.1. The van der Waals surface area contributed by atoms with Crippen LogP contribution in [0.5, 0.6) is 5.75 Å². The van der Waals surface area contributed by atoms with E-state index in [9.17, 15) is 18.7 Å². The van der Waals surface area contributed by atoms with Gasteiger partial charge in [0.05, 0.1) is 10.0 Å². The lowest BCUT2D eigenvalue weighted by Crippen LogP contribution is -2.24. The summed E-state index contributed by atoms with van der Waals surface area (Å²) in [6.07, 6.45) is 0. The number of rotatable bonds is 4. The van der Waals surface area contributed by atoms with Gasteiger partial charge in [0.2, 0.25) is 0 Å². The number of nitrogens with zero attached hydrogens (tertiary/aromatic N) is 2. The third kappa shape index (κ3) is 3.61. The number of aromatic nitrogens is 2. The number of carbonyl (C=O) groups excluding carboxylic acids is 1. The monoisotopic (exact) mass is 399 g/mol. The van der Waals surface area contributed by atoms with Crippen LogP contribution in [0.4, 0.5) is 8.78 Å². The largest absolute Gasteiger partial charge is 0.505 e. The van der Waals surface area contributed by atoms with Crippen molar-refractivity contribution in [2.24, 2.45) is 0 Å². The Morgan fingerprint density at radius 2 is 1.92 bits per heavy atom. The molecule has 26 heavy (non-hydrogen) atoms. The maximum Gasteiger partial charge on any atom is 0.292 e. The third-order valence-corrected chi connectivity index (χ3v) is 3.94. The summed E-state index contributed by atoms with van der Waals surface area (Å²) < 4.78 is 31.7. The Bertz CT molecular complexity index is 972. The van der Waals surface area contributed by atoms with Gasteiger partial charge in [-0.3, -0.25) is 4.79 Å². The van der Waals surface area contributed by atoms with E-state index in [-0.39, 0.29) is 39.6 Å². The maximum absolute atomic E-state index is 13.6. The van der Waals surface area contributed by atoms with E-state index in [1.54, 1.807) is 0 Å². The molecule has 1 aromatic heterocycles. The van der Waals surface area contributed by atoms with E-state index < -0.39 is 17.5 Å². The Morgan fingerprint density at radius 3 is 2.62 bits per heavy atom. The number of aromatic hydroxyl groups is 1. The van der Waals surface area contributed by atoms with Gasteiger partial charge in [-0.1, -0.05) is 40.5 Å². The highest BCUT2D eigenvalue weighted by atomic mass is 35.5. The minimum absolute atomic E-state index is 0.0285. The molecule has 0 fully saturated rings. The molecule has 2 aromatic carbocycles. The topological polar surface area (TPSA) is 88.2 Å². The lowest BCUT2D eigenvalue weighted by Gasteiger charge is -2.04. The van der Waals surface area contributed by atoms with Gasteiger partial charge >= 0.3 is 0 Å². The Hall–Kier alpha value is -2.71. The van der Waals surface area contributed by atoms with E-state index >= 15 is 0 Å². The Kier molecular flexibility index (Phi) is 5.06. The number of hydrogen-bond donors (Lipinski definition) is 2. The molecule has 0 atom stereocenters. The van der Waals surface area contributed by atoms with Crippen molar-refractivity contribution in [1.29, 1.82) is 0 Å². The molecule has 0 aliphatic rings. The number of nitrogens with one attached hydrogen (secondary N) is 1. The molecular formula is C16H9Cl2F2N3O3. The van der Waals surface area contributed by atoms with Gasteiger partial charge in [-0.05, 0) is 18.2 Å². The van der Waals surface area contributed by atoms with Gasteiger partial charge in [-0.2, -0.15) is 4.98 Å². The predicted molar refractivity (Wildman–Crippen MR) is 88.9 cm³/mol. The van der Waals surface area contributed by atoms with Crippen molar-refractivity contribution >= 4 is 29.1 Å². The van der Waals surface area contributed by atoms with Gasteiger partial charge < -0.3 is 14.9 Å². The van der Waals surface area contributed by atoms with Crippen molar-refractivity contribution in [1.82, 2.24) is 15.5 Å². The number of carbonyl (C=O) groups is 1. The molecule has 0 aliphatic carbocycles. The zero-order valence-corrected chi connectivity index (χ0v) is 14.3. The molecule has 0 aliphatic heterocycles. The molecule has 6 nitrogen and oxygen atoms in total. The van der Waals surface area contributed by atoms with Crippen LogP contribution in [0.25, 0.3) is 11.5 Å². The lowest BCUT2D eigenvalue weighted by atomic mass is 10.2. The fourth-order valence-corrected chi connectivity index (χ4v) is 2.55. The first-order valence-electron chi connectivity index (χ1n) is 7.10. The van der Waals surface area contributed by atoms with Crippen LogP contribution in [0.2, 0.25) is 10.0 Å². The van der Waals surface area contributed by atoms with Gasteiger partial charge in [0.1, 0.15) is 0 Å². The summed E-state index contributed by atoms with van der Waals surface area (Å²) in [5, 5.41) is 15.3. The highest BCUT2D eigenvalue weighted by molar-refractivity contribution is 6.37. The van der Waals surface area contributed by atoms with Crippen molar-refractivity contribution in [2.75, 3.05) is 0 Å². The molecule has 0 bridgehead atoms. The number of benzene rings is 2. The number of hydrogen-bond acceptors (Lipinski definition) is 5. The molecule has 0 unspecified atom stereocenters. The van der Waals surface area contributed by atoms with Crippen LogP contribution in [0.15, 0.2) is 34.9 Å². The predicted octanol–water partition coefficient (Wildman–Crippen LogP) is 3.96. The summed E-state index contributed by atoms with van der Waals surface area (Å²) >= 11 is 11.6. The molecule has 10 heteroatoms. The number of phenolic OH excluding ortho intramolecular Hbond substituents is 1. The molecular weight excluding hydrogens is 391 g/mol. The number of phenols is 1. The van der Waals surface area contributed by atoms with Crippen LogP contribution in [0, 0.1) is 11.6 Å². The normalized spacial score (nSPS) is 10.8. The second-order valence-electron chi connectivity index (χ2n) is 5.11. The van der Waals surface area contributed by atoms with E-state index in [0.29, 0.717) is 5.56 Å². The van der Waals surface area contributed by atoms with Crippen molar-refractivity contribution in [3.63, 3.8) is 0 Å². The smallest absolute Gasteiger partial charge is 0.292 e. The van der Waals surface area contributed by atoms with Crippen molar-refractivity contribution in [2.45, 2.75) is 6.54 Å². The highest BCUT2D eigenvalue weighted by Crippen LogP contribution is 2.35. The van der Waals surface area contributed by atoms with Crippen LogP contribution in [-0.2, 0) is 6.54 Å². The average molecular weight is 400 g/mol. The fourth-order valence-electron chi connectivity index (χ4n) is 2.06. The standard InChI is InChI=1S/C16H9Cl2F2N3O3/c17-9-4-8(5-10(18)13(9)24)16-22-14(23-26-16)15(25)21-6-7-2-1-3-11(19)12(7)20/h1-5,24H,6H2,(H,21,25). The third-order valence-electron chi connectivity index (χ3n) is 3.36. The van der Waals surface area contributed by atoms with Crippen molar-refractivity contribution in [3.05, 3.63) is 63.4 Å². The maximum atomic E-state index is 13.6. The summed E-state index contributed by atoms with van der Waals surface area (Å²) in [7, 11) is 0. The lowest BCUT2D eigenvalue weighted by molar-refractivity contribution is 0.0937. The zero-order valence-electron chi connectivity index (χ0n) is 12.8. The molecule has 2 N–H and O–H groups in total. The van der Waals surface area contributed by atoms with E-state index in [1.165, 1.54) is 24.3 Å². The van der Waals surface area contributed by atoms with Gasteiger partial charge in [0.15, 0.2) is 17.4 Å². The van der Waals surface area contributed by atoms with Gasteiger partial charge in [0, 0.05) is 17.7 Å². The van der Waals surface area contributed by atoms with Gasteiger partial charge in [-0.25, -0.2) is 8.78 Å². The second kappa shape index (κ2) is 7.27. The van der Waals surface area contributed by atoms with E-state index in [4.69, 9.17) is 27.7 Å². The van der Waals surface area contributed by atoms with Crippen molar-refractivity contribution in [3.8, 4) is 17.2 Å². The van der Waals surface area contributed by atoms with E-state index in [0.717, 1.165) is 6.07 Å². The minimum atomic E-state index is -1.05. The summed E-state index contributed by atoms with van der Waals surface area (Å²) in [6.45, 7) is -0.261. The van der Waals surface area contributed by atoms with Crippen LogP contribution >= 0.6 is 23.2 Å². The molecule has 0 spiro atoms. The highest BCUT2D eigenvalue weighted by Gasteiger charge is 2.18. The van der Waals surface area contributed by atoms with Gasteiger partial charge in [-0.15, -0.1) is 0 Å². The quantitative estimate of drug-likeness (QED) is 0.692. The summed E-state index contributed by atoms with van der Waals surface area (Å²) in [4.78, 5) is 15.9. The van der Waals surface area contributed by atoms with Crippen LogP contribution < -0.4 is 5.32 Å². The Morgan fingerprint density at radius 1 is 1.23 bits per heavy atom. The molecule has 134 valence electrons. The minimum Gasteiger partial charge on any atom is -0.505 e. The zero-order chi connectivity index (χ0) is 18.8. The first-order chi connectivity index (χ1) is 12.4. The molecule has 0 saturated heterocycles. The number of halogens is 4. The van der Waals surface area contributed by atoms with Crippen LogP contribution in [0.3, 0.4) is 0 Å². The molecule has 3 aromatic rings. The SMILES string of the molecule is O=C(NCc1cccc(F)c1F)c1noc(-c2cc(Cl)c(O)c(Cl)c2)n1. The second-order valence-corrected chi connectivity index (χ2v) is 5.92. The van der Waals surface area contributed by atoms with Crippen molar-refractivity contribution < 1.29 is 23.2 Å². The van der Waals surface area contributed by atoms with Crippen LogP contribution in [-0.4, -0.2) is 21.2 Å². The average Bonchev–Trinajstić information content (AvgIpc) is 3.10. The van der Waals surface area contributed by atoms with E-state index in [1.807, 2.05) is 0 Å². The summed E-state index contributed by atoms with van der Waals surface area (Å²) in [5.41, 5.74) is 0.264.